The number of H-pyrrole nitrogens is 1. The number of carboxylic acids is 2. The monoisotopic (exact) mass is 1700 g/mol. The fourth-order valence-electron chi connectivity index (χ4n) is 12.8. The fourth-order valence-corrected chi connectivity index (χ4v) is 15.7. The Morgan fingerprint density at radius 3 is 1.58 bits per heavy atom. The van der Waals surface area contributed by atoms with Gasteiger partial charge in [-0.2, -0.15) is 35.3 Å². The van der Waals surface area contributed by atoms with Crippen molar-refractivity contribution in [3.63, 3.8) is 0 Å². The van der Waals surface area contributed by atoms with E-state index in [0.717, 1.165) is 54.3 Å². The number of rotatable bonds is 16. The Labute approximate surface area is 690 Å². The minimum Gasteiger partial charge on any atom is -0.481 e. The van der Waals surface area contributed by atoms with E-state index in [1.807, 2.05) is 0 Å². The van der Waals surface area contributed by atoms with Gasteiger partial charge in [0.15, 0.2) is 0 Å². The summed E-state index contributed by atoms with van der Waals surface area (Å²) in [5.74, 6) is -22.6. The van der Waals surface area contributed by atoms with Crippen LogP contribution in [0.3, 0.4) is 0 Å². The lowest BCUT2D eigenvalue weighted by Crippen LogP contribution is -2.61. The van der Waals surface area contributed by atoms with Crippen molar-refractivity contribution in [1.82, 2.24) is 83.5 Å². The van der Waals surface area contributed by atoms with Crippen LogP contribution >= 0.6 is 35.3 Å². The van der Waals surface area contributed by atoms with E-state index >= 15 is 9.59 Å². The molecule has 3 fully saturated rings. The van der Waals surface area contributed by atoms with E-state index in [0.29, 0.717) is 22.0 Å². The number of nitrogens with two attached hydrogens (primary N) is 2. The lowest BCUT2D eigenvalue weighted by atomic mass is 10.0. The molecule has 0 aliphatic carbocycles. The third-order valence-electron chi connectivity index (χ3n) is 19.1. The van der Waals surface area contributed by atoms with Crippen LogP contribution in [0, 0.1) is 11.7 Å². The zero-order valence-electron chi connectivity index (χ0n) is 65.2. The molecule has 6 bridgehead atoms. The van der Waals surface area contributed by atoms with Gasteiger partial charge in [-0.25, -0.2) is 4.39 Å². The highest BCUT2D eigenvalue weighted by Gasteiger charge is 2.39. The molecule has 3 saturated heterocycles. The van der Waals surface area contributed by atoms with Gasteiger partial charge in [-0.05, 0) is 80.2 Å². The van der Waals surface area contributed by atoms with Crippen molar-refractivity contribution in [2.45, 2.75) is 184 Å². The van der Waals surface area contributed by atoms with E-state index in [1.54, 1.807) is 38.1 Å². The summed E-state index contributed by atoms with van der Waals surface area (Å²) < 4.78 is 14.3. The maximum Gasteiger partial charge on any atom is 0.305 e. The fraction of sp³-hybridized carbons (Fsp3) is 0.533. The van der Waals surface area contributed by atoms with Gasteiger partial charge in [0.25, 0.3) is 0 Å². The first-order valence-electron chi connectivity index (χ1n) is 38.2. The number of nitrogens with one attached hydrogen (secondary N) is 13. The van der Waals surface area contributed by atoms with E-state index in [4.69, 9.17) is 11.5 Å². The van der Waals surface area contributed by atoms with Crippen molar-refractivity contribution < 1.29 is 106 Å². The number of primary amides is 2. The van der Waals surface area contributed by atoms with Gasteiger partial charge in [0, 0.05) is 103 Å². The van der Waals surface area contributed by atoms with Gasteiger partial charge >= 0.3 is 11.9 Å². The summed E-state index contributed by atoms with van der Waals surface area (Å²) in [5, 5.41) is 50.9. The van der Waals surface area contributed by atoms with E-state index in [2.05, 4.69) is 68.8 Å². The Bertz CT molecular complexity index is 4230. The molecule has 118 heavy (non-hydrogen) atoms. The van der Waals surface area contributed by atoms with Crippen molar-refractivity contribution in [3.8, 4) is 0 Å². The Morgan fingerprint density at radius 1 is 0.525 bits per heavy atom. The molecular formula is C75H101FN18O21S3. The molecule has 43 heteroatoms. The van der Waals surface area contributed by atoms with Crippen molar-refractivity contribution in [1.29, 1.82) is 0 Å². The van der Waals surface area contributed by atoms with Gasteiger partial charge < -0.3 is 105 Å². The predicted octanol–water partition coefficient (Wildman–Crippen LogP) is -3.40. The number of aromatic nitrogens is 1. The number of hydrogen-bond donors (Lipinski definition) is 17. The smallest absolute Gasteiger partial charge is 0.305 e. The number of fused-ring (bicyclic) bond motifs is 23. The van der Waals surface area contributed by atoms with E-state index in [1.165, 1.54) is 45.2 Å². The molecule has 2 aromatic carbocycles. The summed E-state index contributed by atoms with van der Waals surface area (Å²) in [5.41, 5.74) is 12.7. The van der Waals surface area contributed by atoms with Gasteiger partial charge in [0.1, 0.15) is 72.3 Å². The van der Waals surface area contributed by atoms with E-state index in [9.17, 15) is 96.1 Å². The number of nitrogens with zero attached hydrogens (tertiary/aromatic N) is 3. The number of allylic oxidation sites excluding steroid dienone is 2. The number of aromatic amines is 1. The Morgan fingerprint density at radius 2 is 1.01 bits per heavy atom. The van der Waals surface area contributed by atoms with Crippen LogP contribution in [0.25, 0.3) is 10.9 Å². The normalized spacial score (nSPS) is 25.2. The third-order valence-corrected chi connectivity index (χ3v) is 22.3. The van der Waals surface area contributed by atoms with E-state index < -0.39 is 261 Å². The second-order valence-corrected chi connectivity index (χ2v) is 32.4. The number of halogens is 1. The number of carbonyl (C=O) groups excluding carboxylic acids is 17. The molecule has 39 nitrogen and oxygen atoms in total. The van der Waals surface area contributed by atoms with Gasteiger partial charge in [-0.1, -0.05) is 56.3 Å². The van der Waals surface area contributed by atoms with Crippen molar-refractivity contribution >= 4 is 159 Å². The number of benzene rings is 2. The zero-order chi connectivity index (χ0) is 86.3. The summed E-state index contributed by atoms with van der Waals surface area (Å²) in [4.78, 5) is 276. The molecule has 4 aliphatic heterocycles. The zero-order valence-corrected chi connectivity index (χ0v) is 67.7. The number of para-hydroxylation sites is 1. The SMILES string of the molecule is CC(=O)N[C@H]1CSCCC(=O)N2CN3CN(C2)C(=O)CCSC[C@@H]2NC(=O)[C@H](CC(=O)O)NC(=O)[C@H](CCC(=O)O)NC(=O)[C@H](CC(C)C)NC(=O)[C@H](CC/C=C\CC[C@H](NC(=O)[C@H](Cc4c[nH]c5ccccc45)NC2=O)C(=O)NCC(=O)N[C@@H](Cc2ccc(F)cc2)C(=O)N[C@H](C(N)=O)CSCCC3=O)NC(=O)[C@H](CCC(N)=O)NC1=O. The Hall–Kier alpha value is -11.4. The summed E-state index contributed by atoms with van der Waals surface area (Å²) >= 11 is 2.84. The highest BCUT2D eigenvalue weighted by atomic mass is 32.2. The third kappa shape index (κ3) is 30.6. The molecule has 19 N–H and O–H groups in total. The van der Waals surface area contributed by atoms with Crippen molar-refractivity contribution in [2.75, 3.05) is 61.1 Å². The first kappa shape index (κ1) is 93.8. The Kier molecular flexibility index (Phi) is 37.0. The number of thioether (sulfide) groups is 3. The first-order valence-corrected chi connectivity index (χ1v) is 41.7. The average molecular weight is 1710 g/mol. The highest BCUT2D eigenvalue weighted by Crippen LogP contribution is 2.23. The topological polar surface area (TPSA) is 587 Å². The van der Waals surface area contributed by atoms with Gasteiger partial charge in [0.05, 0.1) is 33.0 Å². The molecule has 1 aromatic heterocycles. The second-order valence-electron chi connectivity index (χ2n) is 28.9. The van der Waals surface area contributed by atoms with E-state index in [-0.39, 0.29) is 86.6 Å². The van der Waals surface area contributed by atoms with Crippen molar-refractivity contribution in [2.24, 2.45) is 17.4 Å². The lowest BCUT2D eigenvalue weighted by molar-refractivity contribution is -0.158. The molecule has 11 atom stereocenters. The Balaban J connectivity index is 1.43. The van der Waals surface area contributed by atoms with Crippen LogP contribution in [0.1, 0.15) is 115 Å². The van der Waals surface area contributed by atoms with Crippen LogP contribution in [-0.2, 0) is 104 Å². The molecular weight excluding hydrogens is 1600 g/mol. The predicted molar refractivity (Wildman–Crippen MR) is 427 cm³/mol. The molecule has 7 rings (SSSR count). The maximum atomic E-state index is 15.4. The number of carboxylic acid groups (broad SMARTS) is 2. The summed E-state index contributed by atoms with van der Waals surface area (Å²) in [7, 11) is 0. The van der Waals surface area contributed by atoms with Gasteiger partial charge in [-0.15, -0.1) is 0 Å². The first-order chi connectivity index (χ1) is 56.1. The largest absolute Gasteiger partial charge is 0.481 e. The molecule has 5 heterocycles. The molecule has 3 aromatic rings. The summed E-state index contributed by atoms with van der Waals surface area (Å²) in [6.45, 7) is 2.25. The molecule has 0 unspecified atom stereocenters. The van der Waals surface area contributed by atoms with Crippen LogP contribution in [0.5, 0.6) is 0 Å². The molecule has 4 aliphatic rings. The molecule has 17 amide bonds. The van der Waals surface area contributed by atoms with Gasteiger partial charge in [0.2, 0.25) is 100 Å². The molecule has 0 radical (unpaired) electrons. The quantitative estimate of drug-likeness (QED) is 0.0491. The molecule has 0 saturated carbocycles. The number of hydrogen-bond acceptors (Lipinski definition) is 22. The number of aliphatic carboxylic acids is 2. The molecule has 642 valence electrons. The van der Waals surface area contributed by atoms with Gasteiger partial charge in [-0.3, -0.25) is 91.1 Å². The minimum atomic E-state index is -2.17. The maximum absolute atomic E-state index is 15.4. The van der Waals surface area contributed by atoms with Crippen LogP contribution in [-0.4, -0.2) is 270 Å². The molecule has 0 spiro atoms. The lowest BCUT2D eigenvalue weighted by Gasteiger charge is -2.42. The van der Waals surface area contributed by atoms with Crippen molar-refractivity contribution in [3.05, 3.63) is 83.8 Å². The highest BCUT2D eigenvalue weighted by molar-refractivity contribution is 7.99. The summed E-state index contributed by atoms with van der Waals surface area (Å²) in [6.07, 6.45) is -2.29. The number of carbonyl (C=O) groups is 19. The minimum absolute atomic E-state index is 0.0580. The van der Waals surface area contributed by atoms with Crippen LogP contribution in [0.4, 0.5) is 4.39 Å². The van der Waals surface area contributed by atoms with Crippen LogP contribution < -0.4 is 75.3 Å². The second kappa shape index (κ2) is 46.5. The van der Waals surface area contributed by atoms with Crippen LogP contribution in [0.15, 0.2) is 66.9 Å². The summed E-state index contributed by atoms with van der Waals surface area (Å²) in [6, 6.07) is -7.26. The standard InChI is InChI=1S/C75H101FN18O21S3/c1-40(2)28-51-70(110)85-50(19-21-63(101)102)69(109)89-54(31-64(103)104)73(113)91-57-36-118-27-24-62(100)94-38-92-37-93(39-94)61(99)23-26-117-35-56(81-41(3)95)74(114)86-49(18-20-58(77)96)68(108)84-48(67(107)87-51)13-7-5-4-6-12-47(83-72(112)53(88-75(57)115)30-43-32-79-46-11-9-8-10-45(43)46)66(106)80-33-59(97)82-52(29-42-14-16-44(76)17-15-42)71(111)90-55(65(78)105)34-116-25-22-60(92)98/h4-5,8-11,14-17,32,40,47-57,79H,6-7,12-13,18-31,33-39H2,1-3H3,(H2,77,96)(H2,78,105)(H,80,106)(H,81,95)(H,82,97)(H,83,112)(H,84,108)(H,85,110)(H,86,114)(H,87,107)(H,88,115)(H,89,109)(H,90,111)(H,91,113)(H,101,102)(H,103,104)/b5-4-/t47-,48-,49-,50-,51-,52-,53-,54-,55-,56-,57-/m0/s1. The average Bonchev–Trinajstić information content (AvgIpc) is 1.60. The number of amides is 17. The van der Waals surface area contributed by atoms with Crippen LogP contribution in [0.2, 0.25) is 0 Å².